The summed E-state index contributed by atoms with van der Waals surface area (Å²) in [6.45, 7) is 0.221. The molecule has 112 valence electrons. The van der Waals surface area contributed by atoms with E-state index in [1.807, 2.05) is 6.07 Å². The number of piperidine rings is 1. The molecule has 0 aliphatic carbocycles. The highest BCUT2D eigenvalue weighted by Crippen LogP contribution is 2.26. The summed E-state index contributed by atoms with van der Waals surface area (Å²) < 4.78 is 26.2. The number of nitriles is 1. The van der Waals surface area contributed by atoms with E-state index >= 15 is 0 Å². The van der Waals surface area contributed by atoms with Crippen LogP contribution < -0.4 is 0 Å². The first-order valence-corrected chi connectivity index (χ1v) is 8.10. The number of halogens is 1. The Morgan fingerprint density at radius 2 is 2.19 bits per heavy atom. The van der Waals surface area contributed by atoms with Crippen LogP contribution in [-0.2, 0) is 14.8 Å². The Morgan fingerprint density at radius 1 is 1.48 bits per heavy atom. The maximum atomic E-state index is 12.5. The Labute approximate surface area is 127 Å². The number of carboxylic acid groups (broad SMARTS) is 1. The van der Waals surface area contributed by atoms with Crippen molar-refractivity contribution in [1.82, 2.24) is 4.31 Å². The molecule has 8 heteroatoms. The van der Waals surface area contributed by atoms with E-state index in [0.29, 0.717) is 12.8 Å². The highest BCUT2D eigenvalue weighted by molar-refractivity contribution is 7.89. The predicted octanol–water partition coefficient (Wildman–Crippen LogP) is 1.70. The van der Waals surface area contributed by atoms with Crippen molar-refractivity contribution >= 4 is 27.6 Å². The van der Waals surface area contributed by atoms with Crippen LogP contribution >= 0.6 is 11.6 Å². The third-order valence-corrected chi connectivity index (χ3v) is 5.62. The molecule has 1 atom stereocenters. The van der Waals surface area contributed by atoms with Gasteiger partial charge in [0.15, 0.2) is 0 Å². The van der Waals surface area contributed by atoms with E-state index in [2.05, 4.69) is 0 Å². The van der Waals surface area contributed by atoms with Crippen molar-refractivity contribution in [1.29, 1.82) is 5.26 Å². The first-order valence-electron chi connectivity index (χ1n) is 6.29. The molecule has 0 saturated carbocycles. The van der Waals surface area contributed by atoms with Crippen molar-refractivity contribution in [3.05, 3.63) is 28.8 Å². The Bertz CT molecular complexity index is 711. The molecule has 0 amide bonds. The second kappa shape index (κ2) is 6.02. The number of benzene rings is 1. The zero-order valence-electron chi connectivity index (χ0n) is 11.0. The summed E-state index contributed by atoms with van der Waals surface area (Å²) in [5, 5.41) is 18.1. The van der Waals surface area contributed by atoms with Gasteiger partial charge in [-0.05, 0) is 31.0 Å². The van der Waals surface area contributed by atoms with Crippen LogP contribution in [0.2, 0.25) is 5.02 Å². The zero-order valence-corrected chi connectivity index (χ0v) is 12.6. The molecule has 1 N–H and O–H groups in total. The number of carbonyl (C=O) groups is 1. The summed E-state index contributed by atoms with van der Waals surface area (Å²) in [6.07, 6.45) is 0.959. The van der Waals surface area contributed by atoms with E-state index in [0.717, 1.165) is 4.31 Å². The van der Waals surface area contributed by atoms with Crippen molar-refractivity contribution in [2.75, 3.05) is 13.1 Å². The third kappa shape index (κ3) is 3.18. The van der Waals surface area contributed by atoms with Gasteiger partial charge in [0.05, 0.1) is 21.4 Å². The molecule has 1 fully saturated rings. The topological polar surface area (TPSA) is 98.5 Å². The van der Waals surface area contributed by atoms with Gasteiger partial charge in [-0.3, -0.25) is 4.79 Å². The average molecular weight is 329 g/mol. The molecular weight excluding hydrogens is 316 g/mol. The Morgan fingerprint density at radius 3 is 2.81 bits per heavy atom. The van der Waals surface area contributed by atoms with Gasteiger partial charge < -0.3 is 5.11 Å². The average Bonchev–Trinajstić information content (AvgIpc) is 2.47. The fourth-order valence-corrected chi connectivity index (χ4v) is 3.97. The molecule has 1 aromatic rings. The molecule has 0 aromatic heterocycles. The van der Waals surface area contributed by atoms with Crippen LogP contribution in [0.3, 0.4) is 0 Å². The fourth-order valence-electron chi connectivity index (χ4n) is 2.26. The largest absolute Gasteiger partial charge is 0.481 e. The first kappa shape index (κ1) is 15.8. The van der Waals surface area contributed by atoms with Gasteiger partial charge in [-0.15, -0.1) is 0 Å². The summed E-state index contributed by atoms with van der Waals surface area (Å²) in [4.78, 5) is 11.0. The van der Waals surface area contributed by atoms with E-state index in [1.165, 1.54) is 18.2 Å². The minimum Gasteiger partial charge on any atom is -0.481 e. The lowest BCUT2D eigenvalue weighted by Gasteiger charge is -2.29. The lowest BCUT2D eigenvalue weighted by molar-refractivity contribution is -0.142. The Hall–Kier alpha value is -1.62. The molecule has 1 saturated heterocycles. The highest BCUT2D eigenvalue weighted by atomic mass is 35.5. The van der Waals surface area contributed by atoms with Crippen molar-refractivity contribution in [2.45, 2.75) is 17.7 Å². The fraction of sp³-hybridized carbons (Fsp3) is 0.385. The number of nitrogens with zero attached hydrogens (tertiary/aromatic N) is 2. The molecule has 1 aliphatic rings. The number of hydrogen-bond acceptors (Lipinski definition) is 4. The smallest absolute Gasteiger partial charge is 0.307 e. The molecule has 21 heavy (non-hydrogen) atoms. The summed E-state index contributed by atoms with van der Waals surface area (Å²) in [5.41, 5.74) is 0.0736. The maximum Gasteiger partial charge on any atom is 0.307 e. The van der Waals surface area contributed by atoms with Gasteiger partial charge in [0.25, 0.3) is 0 Å². The minimum absolute atomic E-state index is 0.0468. The Balaban J connectivity index is 2.34. The van der Waals surface area contributed by atoms with Crippen LogP contribution in [-0.4, -0.2) is 36.9 Å². The standard InChI is InChI=1S/C13H13ClN2O4S/c14-12-4-3-11(6-10(12)7-15)21(19,20)16-5-1-2-9(8-16)13(17)18/h3-4,6,9H,1-2,5,8H2,(H,17,18). The minimum atomic E-state index is -3.82. The van der Waals surface area contributed by atoms with Crippen molar-refractivity contribution in [2.24, 2.45) is 5.92 Å². The van der Waals surface area contributed by atoms with Crippen LogP contribution in [0.1, 0.15) is 18.4 Å². The Kier molecular flexibility index (Phi) is 4.52. The second-order valence-corrected chi connectivity index (χ2v) is 7.14. The quantitative estimate of drug-likeness (QED) is 0.910. The number of aliphatic carboxylic acids is 1. The van der Waals surface area contributed by atoms with Crippen LogP contribution in [0.25, 0.3) is 0 Å². The van der Waals surface area contributed by atoms with Crippen molar-refractivity contribution in [3.63, 3.8) is 0 Å². The SMILES string of the molecule is N#Cc1cc(S(=O)(=O)N2CCCC(C(=O)O)C2)ccc1Cl. The van der Waals surface area contributed by atoms with E-state index < -0.39 is 21.9 Å². The predicted molar refractivity (Wildman–Crippen MR) is 75.3 cm³/mol. The van der Waals surface area contributed by atoms with Gasteiger partial charge in [0.2, 0.25) is 10.0 Å². The number of rotatable bonds is 3. The van der Waals surface area contributed by atoms with E-state index in [9.17, 15) is 13.2 Å². The second-order valence-electron chi connectivity index (χ2n) is 4.79. The first-order chi connectivity index (χ1) is 9.86. The molecule has 2 rings (SSSR count). The monoisotopic (exact) mass is 328 g/mol. The van der Waals surface area contributed by atoms with Crippen molar-refractivity contribution in [3.8, 4) is 6.07 Å². The molecule has 6 nitrogen and oxygen atoms in total. The lowest BCUT2D eigenvalue weighted by Crippen LogP contribution is -2.42. The van der Waals surface area contributed by atoms with Gasteiger partial charge >= 0.3 is 5.97 Å². The summed E-state index contributed by atoms with van der Waals surface area (Å²) >= 11 is 5.79. The molecule has 1 heterocycles. The third-order valence-electron chi connectivity index (χ3n) is 3.43. The molecular formula is C13H13ClN2O4S. The van der Waals surface area contributed by atoms with Gasteiger partial charge in [0, 0.05) is 13.1 Å². The van der Waals surface area contributed by atoms with E-state index in [-0.39, 0.29) is 28.6 Å². The summed E-state index contributed by atoms with van der Waals surface area (Å²) in [6, 6.07) is 5.71. The van der Waals surface area contributed by atoms with Crippen LogP contribution in [0.4, 0.5) is 0 Å². The van der Waals surface area contributed by atoms with Crippen LogP contribution in [0.5, 0.6) is 0 Å². The maximum absolute atomic E-state index is 12.5. The molecule has 1 unspecified atom stereocenters. The number of carboxylic acids is 1. The molecule has 0 spiro atoms. The summed E-state index contributed by atoms with van der Waals surface area (Å²) in [5.74, 6) is -1.69. The van der Waals surface area contributed by atoms with Gasteiger partial charge in [-0.25, -0.2) is 8.42 Å². The van der Waals surface area contributed by atoms with Gasteiger partial charge in [-0.2, -0.15) is 9.57 Å². The van der Waals surface area contributed by atoms with Crippen LogP contribution in [0, 0.1) is 17.2 Å². The lowest BCUT2D eigenvalue weighted by atomic mass is 10.0. The molecule has 1 aliphatic heterocycles. The molecule has 1 aromatic carbocycles. The molecule has 0 bridgehead atoms. The van der Waals surface area contributed by atoms with Crippen molar-refractivity contribution < 1.29 is 18.3 Å². The normalized spacial score (nSPS) is 19.9. The van der Waals surface area contributed by atoms with E-state index in [1.54, 1.807) is 0 Å². The number of hydrogen-bond donors (Lipinski definition) is 1. The number of sulfonamides is 1. The van der Waals surface area contributed by atoms with Crippen LogP contribution in [0.15, 0.2) is 23.1 Å². The van der Waals surface area contributed by atoms with Gasteiger partial charge in [0.1, 0.15) is 6.07 Å². The zero-order chi connectivity index (χ0) is 15.6. The highest BCUT2D eigenvalue weighted by Gasteiger charge is 2.33. The summed E-state index contributed by atoms with van der Waals surface area (Å²) in [7, 11) is -3.82. The van der Waals surface area contributed by atoms with Gasteiger partial charge in [-0.1, -0.05) is 11.6 Å². The van der Waals surface area contributed by atoms with E-state index in [4.69, 9.17) is 22.0 Å². The molecule has 0 radical (unpaired) electrons.